The average Bonchev–Trinajstić information content (AvgIpc) is 2.97. The molecule has 1 aliphatic carbocycles. The van der Waals surface area contributed by atoms with Gasteiger partial charge in [0.25, 0.3) is 0 Å². The Morgan fingerprint density at radius 2 is 1.78 bits per heavy atom. The van der Waals surface area contributed by atoms with E-state index in [0.717, 1.165) is 10.9 Å². The second-order valence-electron chi connectivity index (χ2n) is 9.99. The number of carbonyl (C=O) groups excluding carboxylic acids is 2. The van der Waals surface area contributed by atoms with Crippen molar-refractivity contribution in [1.82, 2.24) is 0 Å². The average molecular weight is 443 g/mol. The van der Waals surface area contributed by atoms with Crippen LogP contribution in [0.25, 0.3) is 11.0 Å². The van der Waals surface area contributed by atoms with Crippen molar-refractivity contribution >= 4 is 22.9 Å². The molecule has 3 atom stereocenters. The van der Waals surface area contributed by atoms with Gasteiger partial charge in [-0.25, -0.2) is 9.59 Å². The van der Waals surface area contributed by atoms with Gasteiger partial charge in [-0.05, 0) is 65.2 Å². The van der Waals surface area contributed by atoms with Gasteiger partial charge in [0.15, 0.2) is 0 Å². The lowest BCUT2D eigenvalue weighted by molar-refractivity contribution is -0.187. The SMILES string of the molecule is Cc1cc(=O)oc2c([C@H](C)OC(=O)[C@@]34CC[C@@](C)(C(=O)O3)C4(C)C)c(OC(C)C)ccc12. The monoisotopic (exact) mass is 442 g/mol. The predicted octanol–water partition coefficient (Wildman–Crippen LogP) is 4.61. The fourth-order valence-corrected chi connectivity index (χ4v) is 5.15. The Balaban J connectivity index is 1.77. The summed E-state index contributed by atoms with van der Waals surface area (Å²) in [7, 11) is 0. The number of hydrogen-bond donors (Lipinski definition) is 0. The van der Waals surface area contributed by atoms with E-state index >= 15 is 0 Å². The first-order chi connectivity index (χ1) is 14.8. The van der Waals surface area contributed by atoms with E-state index in [0.29, 0.717) is 29.7 Å². The van der Waals surface area contributed by atoms with E-state index in [1.165, 1.54) is 6.07 Å². The van der Waals surface area contributed by atoms with Crippen LogP contribution in [0.2, 0.25) is 0 Å². The summed E-state index contributed by atoms with van der Waals surface area (Å²) in [5.74, 6) is -0.487. The van der Waals surface area contributed by atoms with Gasteiger partial charge in [0.1, 0.15) is 17.4 Å². The highest BCUT2D eigenvalue weighted by atomic mass is 16.6. The second-order valence-corrected chi connectivity index (χ2v) is 9.99. The maximum Gasteiger partial charge on any atom is 0.351 e. The molecule has 0 amide bonds. The lowest BCUT2D eigenvalue weighted by Gasteiger charge is -2.35. The highest BCUT2D eigenvalue weighted by Gasteiger charge is 2.76. The molecular formula is C25H30O7. The normalized spacial score (nSPS) is 26.9. The maximum absolute atomic E-state index is 13.5. The van der Waals surface area contributed by atoms with Crippen molar-refractivity contribution in [1.29, 1.82) is 0 Å². The summed E-state index contributed by atoms with van der Waals surface area (Å²) in [5.41, 5.74) is -1.73. The zero-order valence-corrected chi connectivity index (χ0v) is 19.7. The standard InChI is InChI=1S/C25H30O7/c1-13(2)29-17-9-8-16-14(3)12-18(26)31-20(16)19(17)15(4)30-22(28)25-11-10-24(7,21(27)32-25)23(25,5)6/h8-9,12-13,15H,10-11H2,1-7H3/t15-,24-,25+/m0/s1. The van der Waals surface area contributed by atoms with Crippen molar-refractivity contribution < 1.29 is 28.2 Å². The molecule has 0 spiro atoms. The molecule has 2 aromatic rings. The lowest BCUT2D eigenvalue weighted by atomic mass is 9.66. The zero-order chi connectivity index (χ0) is 23.6. The van der Waals surface area contributed by atoms with Crippen molar-refractivity contribution in [2.45, 2.75) is 79.1 Å². The minimum absolute atomic E-state index is 0.144. The van der Waals surface area contributed by atoms with Crippen LogP contribution in [0.4, 0.5) is 0 Å². The van der Waals surface area contributed by atoms with Gasteiger partial charge in [-0.1, -0.05) is 13.8 Å². The number of fused-ring (bicyclic) bond motifs is 3. The Hall–Kier alpha value is -2.83. The van der Waals surface area contributed by atoms with Gasteiger partial charge in [-0.15, -0.1) is 0 Å². The molecule has 7 heteroatoms. The smallest absolute Gasteiger partial charge is 0.351 e. The first-order valence-corrected chi connectivity index (χ1v) is 11.0. The first kappa shape index (κ1) is 22.4. The first-order valence-electron chi connectivity index (χ1n) is 11.0. The minimum atomic E-state index is -1.34. The van der Waals surface area contributed by atoms with E-state index in [4.69, 9.17) is 18.6 Å². The predicted molar refractivity (Wildman–Crippen MR) is 117 cm³/mol. The van der Waals surface area contributed by atoms with Crippen molar-refractivity contribution in [3.05, 3.63) is 39.7 Å². The topological polar surface area (TPSA) is 92.0 Å². The van der Waals surface area contributed by atoms with Crippen molar-refractivity contribution in [3.8, 4) is 5.75 Å². The number of aryl methyl sites for hydroxylation is 1. The number of benzene rings is 1. The second kappa shape index (κ2) is 7.09. The molecule has 2 fully saturated rings. The van der Waals surface area contributed by atoms with Gasteiger partial charge >= 0.3 is 17.6 Å². The molecule has 0 unspecified atom stereocenters. The van der Waals surface area contributed by atoms with Crippen LogP contribution >= 0.6 is 0 Å². The third kappa shape index (κ3) is 2.90. The summed E-state index contributed by atoms with van der Waals surface area (Å²) in [6.45, 7) is 12.9. The van der Waals surface area contributed by atoms with Crippen LogP contribution in [0.1, 0.15) is 71.6 Å². The van der Waals surface area contributed by atoms with E-state index in [9.17, 15) is 14.4 Å². The summed E-state index contributed by atoms with van der Waals surface area (Å²) in [6.07, 6.45) is 0.0231. The molecule has 1 saturated carbocycles. The van der Waals surface area contributed by atoms with Gasteiger partial charge in [0.2, 0.25) is 5.60 Å². The Bertz CT molecular complexity index is 1170. The van der Waals surface area contributed by atoms with Gasteiger partial charge in [0.05, 0.1) is 17.1 Å². The third-order valence-corrected chi connectivity index (χ3v) is 7.58. The highest BCUT2D eigenvalue weighted by Crippen LogP contribution is 2.66. The number of rotatable bonds is 5. The Morgan fingerprint density at radius 1 is 1.09 bits per heavy atom. The third-order valence-electron chi connectivity index (χ3n) is 7.58. The van der Waals surface area contributed by atoms with Crippen molar-refractivity contribution in [2.75, 3.05) is 0 Å². The zero-order valence-electron chi connectivity index (χ0n) is 19.7. The summed E-state index contributed by atoms with van der Waals surface area (Å²) < 4.78 is 23.1. The molecule has 172 valence electrons. The number of ether oxygens (including phenoxy) is 3. The summed E-state index contributed by atoms with van der Waals surface area (Å²) in [6, 6.07) is 5.04. The Morgan fingerprint density at radius 3 is 2.34 bits per heavy atom. The molecule has 32 heavy (non-hydrogen) atoms. The van der Waals surface area contributed by atoms with Crippen LogP contribution in [0.5, 0.6) is 5.75 Å². The summed E-state index contributed by atoms with van der Waals surface area (Å²) >= 11 is 0. The molecule has 1 aromatic heterocycles. The fraction of sp³-hybridized carbons (Fsp3) is 0.560. The fourth-order valence-electron chi connectivity index (χ4n) is 5.15. The molecule has 0 N–H and O–H groups in total. The minimum Gasteiger partial charge on any atom is -0.490 e. The van der Waals surface area contributed by atoms with Crippen LogP contribution in [-0.2, 0) is 19.1 Å². The number of esters is 2. The lowest BCUT2D eigenvalue weighted by Crippen LogP contribution is -2.49. The molecule has 2 heterocycles. The summed E-state index contributed by atoms with van der Waals surface area (Å²) in [4.78, 5) is 38.2. The Kier molecular flexibility index (Phi) is 4.95. The van der Waals surface area contributed by atoms with Crippen LogP contribution in [0.15, 0.2) is 27.4 Å². The Labute approximate surface area is 187 Å². The number of hydrogen-bond acceptors (Lipinski definition) is 7. The molecule has 1 saturated heterocycles. The van der Waals surface area contributed by atoms with Crippen molar-refractivity contribution in [2.24, 2.45) is 10.8 Å². The molecule has 7 nitrogen and oxygen atoms in total. The van der Waals surface area contributed by atoms with Gasteiger partial charge in [-0.2, -0.15) is 0 Å². The van der Waals surface area contributed by atoms with E-state index < -0.39 is 34.1 Å². The van der Waals surface area contributed by atoms with E-state index in [2.05, 4.69) is 0 Å². The van der Waals surface area contributed by atoms with Crippen LogP contribution < -0.4 is 10.4 Å². The van der Waals surface area contributed by atoms with Crippen LogP contribution in [0, 0.1) is 17.8 Å². The highest BCUT2D eigenvalue weighted by molar-refractivity contribution is 5.94. The molecule has 2 aliphatic rings. The van der Waals surface area contributed by atoms with Crippen molar-refractivity contribution in [3.63, 3.8) is 0 Å². The molecule has 2 bridgehead atoms. The van der Waals surface area contributed by atoms with Crippen LogP contribution in [0.3, 0.4) is 0 Å². The van der Waals surface area contributed by atoms with E-state index in [1.54, 1.807) is 13.0 Å². The molecule has 1 aromatic carbocycles. The van der Waals surface area contributed by atoms with E-state index in [1.807, 2.05) is 47.6 Å². The van der Waals surface area contributed by atoms with Gasteiger partial charge < -0.3 is 18.6 Å². The largest absolute Gasteiger partial charge is 0.490 e. The maximum atomic E-state index is 13.5. The molecule has 4 rings (SSSR count). The summed E-state index contributed by atoms with van der Waals surface area (Å²) in [5, 5.41) is 0.734. The van der Waals surface area contributed by atoms with Crippen LogP contribution in [-0.4, -0.2) is 23.6 Å². The van der Waals surface area contributed by atoms with Gasteiger partial charge in [-0.3, -0.25) is 4.79 Å². The molecule has 0 radical (unpaired) electrons. The van der Waals surface area contributed by atoms with E-state index in [-0.39, 0.29) is 12.1 Å². The quantitative estimate of drug-likeness (QED) is 0.493. The molecular weight excluding hydrogens is 412 g/mol. The number of carbonyl (C=O) groups is 2. The molecule has 1 aliphatic heterocycles. The van der Waals surface area contributed by atoms with Gasteiger partial charge in [0, 0.05) is 16.9 Å².